The van der Waals surface area contributed by atoms with E-state index < -0.39 is 11.7 Å². The van der Waals surface area contributed by atoms with E-state index in [2.05, 4.69) is 4.98 Å². The molecule has 0 atom stereocenters. The lowest BCUT2D eigenvalue weighted by atomic mass is 10.1. The number of alkyl halides is 3. The Morgan fingerprint density at radius 1 is 1.16 bits per heavy atom. The summed E-state index contributed by atoms with van der Waals surface area (Å²) < 4.78 is 37.4. The molecule has 0 bridgehead atoms. The molecule has 0 spiro atoms. The van der Waals surface area contributed by atoms with Gasteiger partial charge in [-0.05, 0) is 12.1 Å². The summed E-state index contributed by atoms with van der Waals surface area (Å²) in [7, 11) is 0. The molecule has 2 amide bonds. The van der Waals surface area contributed by atoms with Crippen molar-refractivity contribution in [1.29, 1.82) is 0 Å². The number of pyridine rings is 1. The Labute approximate surface area is 148 Å². The minimum absolute atomic E-state index is 0.0662. The average Bonchev–Trinajstić information content (AvgIpc) is 2.58. The Kier molecular flexibility index (Phi) is 6.31. The van der Waals surface area contributed by atoms with Gasteiger partial charge in [0.05, 0.1) is 16.3 Å². The smallest absolute Gasteiger partial charge is 0.339 e. The van der Waals surface area contributed by atoms with E-state index in [-0.39, 0.29) is 23.5 Å². The van der Waals surface area contributed by atoms with Crippen LogP contribution in [0.3, 0.4) is 0 Å². The third-order valence-electron chi connectivity index (χ3n) is 3.85. The maximum Gasteiger partial charge on any atom is 0.417 e. The van der Waals surface area contributed by atoms with E-state index in [0.717, 1.165) is 24.0 Å². The Balaban J connectivity index is 1.80. The lowest BCUT2D eigenvalue weighted by molar-refractivity contribution is -0.140. The molecule has 25 heavy (non-hydrogen) atoms. The van der Waals surface area contributed by atoms with Gasteiger partial charge in [0.1, 0.15) is 0 Å². The number of nitrogens with zero attached hydrogens (tertiary/aromatic N) is 3. The molecule has 9 heteroatoms. The van der Waals surface area contributed by atoms with E-state index in [0.29, 0.717) is 31.2 Å². The van der Waals surface area contributed by atoms with E-state index in [9.17, 15) is 22.8 Å². The van der Waals surface area contributed by atoms with Crippen LogP contribution in [0.1, 0.15) is 19.4 Å². The van der Waals surface area contributed by atoms with Crippen LogP contribution in [0.5, 0.6) is 0 Å². The first kappa shape index (κ1) is 19.6. The zero-order valence-corrected chi connectivity index (χ0v) is 14.9. The van der Waals surface area contributed by atoms with Crippen LogP contribution < -0.4 is 0 Å². The average molecular weight is 375 g/mol. The van der Waals surface area contributed by atoms with Crippen molar-refractivity contribution >= 4 is 23.6 Å². The lowest BCUT2D eigenvalue weighted by Crippen LogP contribution is -2.51. The number of carbonyl (C=O) groups is 2. The van der Waals surface area contributed by atoms with Crippen LogP contribution in [-0.2, 0) is 15.8 Å². The summed E-state index contributed by atoms with van der Waals surface area (Å²) in [4.78, 5) is 31.3. The molecule has 1 saturated heterocycles. The summed E-state index contributed by atoms with van der Waals surface area (Å²) in [6.07, 6.45) is -3.65. The van der Waals surface area contributed by atoms with Crippen molar-refractivity contribution in [3.8, 4) is 0 Å². The maximum atomic E-state index is 12.5. The van der Waals surface area contributed by atoms with Gasteiger partial charge < -0.3 is 9.80 Å². The van der Waals surface area contributed by atoms with E-state index >= 15 is 0 Å². The molecule has 5 nitrogen and oxygen atoms in total. The highest BCUT2D eigenvalue weighted by Crippen LogP contribution is 2.29. The monoisotopic (exact) mass is 375 g/mol. The highest BCUT2D eigenvalue weighted by atomic mass is 32.2. The predicted molar refractivity (Wildman–Crippen MR) is 88.0 cm³/mol. The van der Waals surface area contributed by atoms with Crippen LogP contribution in [-0.4, -0.2) is 58.5 Å². The number of hydrogen-bond acceptors (Lipinski definition) is 4. The fraction of sp³-hybridized carbons (Fsp3) is 0.562. The van der Waals surface area contributed by atoms with E-state index in [4.69, 9.17) is 0 Å². The standard InChI is InChI=1S/C16H20F3N3O2S/c1-11(2)15(24)22-7-5-21(6-8-22)14(23)10-25-13-4-3-12(9-20-13)16(17,18)19/h3-4,9,11H,5-8,10H2,1-2H3. The molecule has 1 aliphatic heterocycles. The van der Waals surface area contributed by atoms with Crippen LogP contribution in [0.2, 0.25) is 0 Å². The quantitative estimate of drug-likeness (QED) is 0.759. The van der Waals surface area contributed by atoms with Gasteiger partial charge in [0.2, 0.25) is 11.8 Å². The number of aromatic nitrogens is 1. The molecule has 2 rings (SSSR count). The first-order valence-electron chi connectivity index (χ1n) is 7.91. The lowest BCUT2D eigenvalue weighted by Gasteiger charge is -2.35. The largest absolute Gasteiger partial charge is 0.417 e. The summed E-state index contributed by atoms with van der Waals surface area (Å²) in [6.45, 7) is 5.63. The van der Waals surface area contributed by atoms with Crippen LogP contribution in [0, 0.1) is 5.92 Å². The zero-order chi connectivity index (χ0) is 18.6. The SMILES string of the molecule is CC(C)C(=O)N1CCN(C(=O)CSc2ccc(C(F)(F)F)cn2)CC1. The molecule has 1 aromatic heterocycles. The van der Waals surface area contributed by atoms with Crippen molar-refractivity contribution in [2.45, 2.75) is 25.0 Å². The number of hydrogen-bond donors (Lipinski definition) is 0. The second-order valence-corrected chi connectivity index (χ2v) is 7.03. The Morgan fingerprint density at radius 3 is 2.24 bits per heavy atom. The van der Waals surface area contributed by atoms with Crippen molar-refractivity contribution < 1.29 is 22.8 Å². The highest BCUT2D eigenvalue weighted by molar-refractivity contribution is 7.99. The van der Waals surface area contributed by atoms with Gasteiger partial charge in [0.15, 0.2) is 0 Å². The number of piperazine rings is 1. The van der Waals surface area contributed by atoms with Gasteiger partial charge in [-0.3, -0.25) is 9.59 Å². The van der Waals surface area contributed by atoms with Gasteiger partial charge in [-0.25, -0.2) is 4.98 Å². The molecule has 0 radical (unpaired) electrons. The number of thioether (sulfide) groups is 1. The summed E-state index contributed by atoms with van der Waals surface area (Å²) in [5.74, 6) is 0.0126. The van der Waals surface area contributed by atoms with Crippen molar-refractivity contribution in [2.24, 2.45) is 5.92 Å². The van der Waals surface area contributed by atoms with Crippen molar-refractivity contribution in [3.63, 3.8) is 0 Å². The Morgan fingerprint density at radius 2 is 1.76 bits per heavy atom. The summed E-state index contributed by atoms with van der Waals surface area (Å²) >= 11 is 1.10. The van der Waals surface area contributed by atoms with Gasteiger partial charge in [-0.15, -0.1) is 0 Å². The molecular formula is C16H20F3N3O2S. The summed E-state index contributed by atoms with van der Waals surface area (Å²) in [5, 5.41) is 0.370. The molecular weight excluding hydrogens is 355 g/mol. The summed E-state index contributed by atoms with van der Waals surface area (Å²) in [6, 6.07) is 2.22. The molecule has 0 saturated carbocycles. The van der Waals surface area contributed by atoms with Crippen LogP contribution in [0.15, 0.2) is 23.4 Å². The van der Waals surface area contributed by atoms with Crippen LogP contribution in [0.25, 0.3) is 0 Å². The molecule has 1 aliphatic rings. The first-order valence-corrected chi connectivity index (χ1v) is 8.89. The molecule has 2 heterocycles. The van der Waals surface area contributed by atoms with Crippen molar-refractivity contribution in [2.75, 3.05) is 31.9 Å². The first-order chi connectivity index (χ1) is 11.7. The normalized spacial score (nSPS) is 15.6. The third-order valence-corrected chi connectivity index (χ3v) is 4.77. The maximum absolute atomic E-state index is 12.5. The number of rotatable bonds is 4. The number of carbonyl (C=O) groups excluding carboxylic acids is 2. The van der Waals surface area contributed by atoms with Gasteiger partial charge in [-0.2, -0.15) is 13.2 Å². The van der Waals surface area contributed by atoms with E-state index in [1.807, 2.05) is 13.8 Å². The fourth-order valence-electron chi connectivity index (χ4n) is 2.40. The van der Waals surface area contributed by atoms with Crippen LogP contribution in [0.4, 0.5) is 13.2 Å². The van der Waals surface area contributed by atoms with Gasteiger partial charge in [0, 0.05) is 38.3 Å². The Hall–Kier alpha value is -1.77. The fourth-order valence-corrected chi connectivity index (χ4v) is 3.15. The molecule has 0 N–H and O–H groups in total. The van der Waals surface area contributed by atoms with Crippen molar-refractivity contribution in [1.82, 2.24) is 14.8 Å². The molecule has 0 aromatic carbocycles. The Bertz CT molecular complexity index is 612. The van der Waals surface area contributed by atoms with E-state index in [1.54, 1.807) is 9.80 Å². The predicted octanol–water partition coefficient (Wildman–Crippen LogP) is 2.52. The van der Waals surface area contributed by atoms with Crippen molar-refractivity contribution in [3.05, 3.63) is 23.9 Å². The van der Waals surface area contributed by atoms with Crippen LogP contribution >= 0.6 is 11.8 Å². The zero-order valence-electron chi connectivity index (χ0n) is 14.0. The van der Waals surface area contributed by atoms with Gasteiger partial charge in [0.25, 0.3) is 0 Å². The molecule has 1 fully saturated rings. The number of amides is 2. The molecule has 0 aliphatic carbocycles. The molecule has 1 aromatic rings. The van der Waals surface area contributed by atoms with Gasteiger partial charge in [-0.1, -0.05) is 25.6 Å². The highest BCUT2D eigenvalue weighted by Gasteiger charge is 2.30. The minimum atomic E-state index is -4.42. The third kappa shape index (κ3) is 5.35. The summed E-state index contributed by atoms with van der Waals surface area (Å²) in [5.41, 5.74) is -0.811. The molecule has 138 valence electrons. The number of halogens is 3. The second kappa shape index (κ2) is 8.07. The van der Waals surface area contributed by atoms with Gasteiger partial charge >= 0.3 is 6.18 Å². The second-order valence-electron chi connectivity index (χ2n) is 6.03. The topological polar surface area (TPSA) is 53.5 Å². The van der Waals surface area contributed by atoms with E-state index in [1.165, 1.54) is 6.07 Å². The molecule has 0 unspecified atom stereocenters. The minimum Gasteiger partial charge on any atom is -0.339 e.